The molecular weight excluding hydrogens is 373 g/mol. The Bertz CT molecular complexity index is 795. The van der Waals surface area contributed by atoms with Gasteiger partial charge in [0.2, 0.25) is 11.8 Å². The summed E-state index contributed by atoms with van der Waals surface area (Å²) in [6.45, 7) is 1.30. The van der Waals surface area contributed by atoms with Crippen LogP contribution in [0.3, 0.4) is 0 Å². The van der Waals surface area contributed by atoms with Gasteiger partial charge in [-0.3, -0.25) is 9.59 Å². The van der Waals surface area contributed by atoms with Gasteiger partial charge in [0.1, 0.15) is 5.75 Å². The number of halogens is 3. The average Bonchev–Trinajstić information content (AvgIpc) is 2.65. The summed E-state index contributed by atoms with van der Waals surface area (Å²) < 4.78 is 45.0. The normalized spacial score (nSPS) is 11.0. The predicted octanol–water partition coefficient (Wildman–Crippen LogP) is 3.64. The highest BCUT2D eigenvalue weighted by Gasteiger charge is 2.35. The molecule has 0 fully saturated rings. The molecule has 2 amide bonds. The SMILES string of the molecule is CC(=O)N(CCNC(=O)CCOc1ccccc1)c1ccccc1C(F)(F)F. The molecule has 2 aromatic rings. The number of hydrogen-bond donors (Lipinski definition) is 1. The van der Waals surface area contributed by atoms with Gasteiger partial charge in [-0.2, -0.15) is 13.2 Å². The van der Waals surface area contributed by atoms with E-state index in [1.807, 2.05) is 18.2 Å². The van der Waals surface area contributed by atoms with E-state index in [9.17, 15) is 22.8 Å². The second kappa shape index (κ2) is 9.77. The molecule has 0 atom stereocenters. The molecule has 8 heteroatoms. The Balaban J connectivity index is 1.87. The molecule has 0 saturated heterocycles. The number of hydrogen-bond acceptors (Lipinski definition) is 3. The van der Waals surface area contributed by atoms with Gasteiger partial charge in [-0.05, 0) is 24.3 Å². The second-order valence-electron chi connectivity index (χ2n) is 5.95. The van der Waals surface area contributed by atoms with Crippen molar-refractivity contribution in [2.75, 3.05) is 24.6 Å². The van der Waals surface area contributed by atoms with Gasteiger partial charge in [0.15, 0.2) is 0 Å². The van der Waals surface area contributed by atoms with Crippen molar-refractivity contribution in [2.24, 2.45) is 0 Å². The lowest BCUT2D eigenvalue weighted by molar-refractivity contribution is -0.137. The van der Waals surface area contributed by atoms with Crippen LogP contribution >= 0.6 is 0 Å². The second-order valence-corrected chi connectivity index (χ2v) is 5.95. The number of rotatable bonds is 8. The van der Waals surface area contributed by atoms with Gasteiger partial charge in [0.05, 0.1) is 24.3 Å². The van der Waals surface area contributed by atoms with E-state index in [0.717, 1.165) is 11.0 Å². The fourth-order valence-electron chi connectivity index (χ4n) is 2.57. The van der Waals surface area contributed by atoms with E-state index in [2.05, 4.69) is 5.32 Å². The Labute approximate surface area is 161 Å². The minimum Gasteiger partial charge on any atom is -0.493 e. The minimum atomic E-state index is -4.58. The van der Waals surface area contributed by atoms with E-state index in [0.29, 0.717) is 5.75 Å². The minimum absolute atomic E-state index is 0.0238. The standard InChI is InChI=1S/C20H21F3N2O3/c1-15(26)25(18-10-6-5-9-17(18)20(21,22)23)13-12-24-19(27)11-14-28-16-7-3-2-4-8-16/h2-10H,11-14H2,1H3,(H,24,27). The zero-order chi connectivity index (χ0) is 20.6. The van der Waals surface area contributed by atoms with Crippen LogP contribution in [0.4, 0.5) is 18.9 Å². The van der Waals surface area contributed by atoms with Crippen LogP contribution in [0.1, 0.15) is 18.9 Å². The molecule has 0 radical (unpaired) electrons. The molecule has 0 heterocycles. The monoisotopic (exact) mass is 394 g/mol. The third kappa shape index (κ3) is 6.29. The van der Waals surface area contributed by atoms with Crippen LogP contribution in [-0.2, 0) is 15.8 Å². The molecule has 5 nitrogen and oxygen atoms in total. The van der Waals surface area contributed by atoms with Gasteiger partial charge in [0.25, 0.3) is 0 Å². The maximum absolute atomic E-state index is 13.2. The van der Waals surface area contributed by atoms with Crippen molar-refractivity contribution in [3.05, 3.63) is 60.2 Å². The van der Waals surface area contributed by atoms with Gasteiger partial charge in [0, 0.05) is 20.0 Å². The van der Waals surface area contributed by atoms with Crippen LogP contribution in [-0.4, -0.2) is 31.5 Å². The number of ether oxygens (including phenoxy) is 1. The zero-order valence-corrected chi connectivity index (χ0v) is 15.3. The van der Waals surface area contributed by atoms with E-state index < -0.39 is 17.6 Å². The van der Waals surface area contributed by atoms with Gasteiger partial charge in [-0.25, -0.2) is 0 Å². The first-order valence-corrected chi connectivity index (χ1v) is 8.68. The van der Waals surface area contributed by atoms with Crippen molar-refractivity contribution < 1.29 is 27.5 Å². The molecule has 0 aliphatic carbocycles. The van der Waals surface area contributed by atoms with Crippen molar-refractivity contribution >= 4 is 17.5 Å². The predicted molar refractivity (Wildman–Crippen MR) is 99.0 cm³/mol. The summed E-state index contributed by atoms with van der Waals surface area (Å²) in [5, 5.41) is 2.59. The number of carbonyl (C=O) groups is 2. The number of anilines is 1. The van der Waals surface area contributed by atoms with E-state index >= 15 is 0 Å². The van der Waals surface area contributed by atoms with Gasteiger partial charge < -0.3 is 15.0 Å². The Kier molecular flexibility index (Phi) is 7.43. The fourth-order valence-corrected chi connectivity index (χ4v) is 2.57. The lowest BCUT2D eigenvalue weighted by Crippen LogP contribution is -2.38. The summed E-state index contributed by atoms with van der Waals surface area (Å²) in [5.41, 5.74) is -1.13. The molecule has 0 unspecified atom stereocenters. The molecule has 28 heavy (non-hydrogen) atoms. The molecule has 1 N–H and O–H groups in total. The summed E-state index contributed by atoms with van der Waals surface area (Å²) in [6.07, 6.45) is -4.49. The highest BCUT2D eigenvalue weighted by molar-refractivity contribution is 5.92. The molecule has 2 rings (SSSR count). The van der Waals surface area contributed by atoms with Crippen LogP contribution < -0.4 is 15.0 Å². The molecule has 0 aliphatic rings. The van der Waals surface area contributed by atoms with Crippen LogP contribution in [0.25, 0.3) is 0 Å². The lowest BCUT2D eigenvalue weighted by Gasteiger charge is -2.25. The van der Waals surface area contributed by atoms with Crippen LogP contribution in [0.2, 0.25) is 0 Å². The Morgan fingerprint density at radius 3 is 2.32 bits per heavy atom. The van der Waals surface area contributed by atoms with Crippen molar-refractivity contribution in [3.8, 4) is 5.75 Å². The first kappa shape index (κ1) is 21.3. The van der Waals surface area contributed by atoms with Crippen LogP contribution in [0, 0.1) is 0 Å². The summed E-state index contributed by atoms with van der Waals surface area (Å²) >= 11 is 0. The highest BCUT2D eigenvalue weighted by atomic mass is 19.4. The fraction of sp³-hybridized carbons (Fsp3) is 0.300. The Hall–Kier alpha value is -3.03. The zero-order valence-electron chi connectivity index (χ0n) is 15.3. The van der Waals surface area contributed by atoms with Gasteiger partial charge in [-0.15, -0.1) is 0 Å². The maximum atomic E-state index is 13.2. The maximum Gasteiger partial charge on any atom is 0.418 e. The Morgan fingerprint density at radius 2 is 1.68 bits per heavy atom. The summed E-state index contributed by atoms with van der Waals surface area (Å²) in [6, 6.07) is 13.8. The number of nitrogens with zero attached hydrogens (tertiary/aromatic N) is 1. The average molecular weight is 394 g/mol. The molecule has 0 aromatic heterocycles. The van der Waals surface area contributed by atoms with E-state index in [4.69, 9.17) is 4.74 Å². The number of para-hydroxylation sites is 2. The van der Waals surface area contributed by atoms with Crippen molar-refractivity contribution in [3.63, 3.8) is 0 Å². The lowest BCUT2D eigenvalue weighted by atomic mass is 10.1. The van der Waals surface area contributed by atoms with Gasteiger partial charge in [-0.1, -0.05) is 30.3 Å². The molecule has 0 aliphatic heterocycles. The highest BCUT2D eigenvalue weighted by Crippen LogP contribution is 2.36. The number of amides is 2. The third-order valence-electron chi connectivity index (χ3n) is 3.88. The van der Waals surface area contributed by atoms with Gasteiger partial charge >= 0.3 is 6.18 Å². The largest absolute Gasteiger partial charge is 0.493 e. The quantitative estimate of drug-likeness (QED) is 0.744. The molecular formula is C20H21F3N2O3. The molecule has 150 valence electrons. The van der Waals surface area contributed by atoms with E-state index in [-0.39, 0.29) is 37.7 Å². The third-order valence-corrected chi connectivity index (χ3v) is 3.88. The number of alkyl halides is 3. The summed E-state index contributed by atoms with van der Waals surface area (Å²) in [4.78, 5) is 24.7. The van der Waals surface area contributed by atoms with E-state index in [1.54, 1.807) is 12.1 Å². The van der Waals surface area contributed by atoms with Crippen molar-refractivity contribution in [1.29, 1.82) is 0 Å². The first-order chi connectivity index (χ1) is 13.3. The molecule has 0 spiro atoms. The molecule has 0 saturated carbocycles. The molecule has 0 bridgehead atoms. The molecule has 2 aromatic carbocycles. The number of benzene rings is 2. The van der Waals surface area contributed by atoms with Crippen LogP contribution in [0.5, 0.6) is 5.75 Å². The Morgan fingerprint density at radius 1 is 1.04 bits per heavy atom. The first-order valence-electron chi connectivity index (χ1n) is 8.68. The van der Waals surface area contributed by atoms with E-state index in [1.165, 1.54) is 25.1 Å². The van der Waals surface area contributed by atoms with Crippen molar-refractivity contribution in [2.45, 2.75) is 19.5 Å². The number of nitrogens with one attached hydrogen (secondary N) is 1. The van der Waals surface area contributed by atoms with Crippen LogP contribution in [0.15, 0.2) is 54.6 Å². The number of carbonyl (C=O) groups excluding carboxylic acids is 2. The summed E-state index contributed by atoms with van der Waals surface area (Å²) in [7, 11) is 0. The topological polar surface area (TPSA) is 58.6 Å². The summed E-state index contributed by atoms with van der Waals surface area (Å²) in [5.74, 6) is -0.219. The smallest absolute Gasteiger partial charge is 0.418 e. The van der Waals surface area contributed by atoms with Crippen molar-refractivity contribution in [1.82, 2.24) is 5.32 Å².